The number of likely N-dealkylation sites (tertiary alicyclic amines) is 1. The maximum absolute atomic E-state index is 12.1. The minimum absolute atomic E-state index is 0.0791. The van der Waals surface area contributed by atoms with Crippen LogP contribution in [-0.4, -0.2) is 46.1 Å². The summed E-state index contributed by atoms with van der Waals surface area (Å²) >= 11 is 0. The lowest BCUT2D eigenvalue weighted by atomic mass is 9.96. The highest BCUT2D eigenvalue weighted by molar-refractivity contribution is 5.78. The zero-order valence-corrected chi connectivity index (χ0v) is 16.1. The van der Waals surface area contributed by atoms with Crippen LogP contribution in [0.5, 0.6) is 0 Å². The number of amides is 1. The van der Waals surface area contributed by atoms with Gasteiger partial charge in [-0.15, -0.1) is 0 Å². The summed E-state index contributed by atoms with van der Waals surface area (Å²) in [7, 11) is 0. The van der Waals surface area contributed by atoms with Crippen LogP contribution in [0.3, 0.4) is 0 Å². The number of aryl methyl sites for hydroxylation is 1. The minimum Gasteiger partial charge on any atom is -0.350 e. The Labute approximate surface area is 155 Å². The Bertz CT molecular complexity index is 738. The fourth-order valence-electron chi connectivity index (χ4n) is 3.22. The van der Waals surface area contributed by atoms with Crippen LogP contribution in [0.25, 0.3) is 11.4 Å². The predicted octanol–water partition coefficient (Wildman–Crippen LogP) is 3.14. The van der Waals surface area contributed by atoms with E-state index in [1.807, 2.05) is 45.0 Å². The van der Waals surface area contributed by atoms with E-state index in [-0.39, 0.29) is 17.4 Å². The van der Waals surface area contributed by atoms with Crippen LogP contribution in [0, 0.1) is 6.92 Å². The molecular weight excluding hydrogens is 328 g/mol. The summed E-state index contributed by atoms with van der Waals surface area (Å²) in [5.74, 6) is 1.70. The number of aromatic nitrogens is 2. The van der Waals surface area contributed by atoms with Crippen molar-refractivity contribution in [2.24, 2.45) is 0 Å². The highest BCUT2D eigenvalue weighted by Gasteiger charge is 2.27. The third kappa shape index (κ3) is 4.91. The summed E-state index contributed by atoms with van der Waals surface area (Å²) in [6.45, 7) is 10.2. The molecule has 0 unspecified atom stereocenters. The van der Waals surface area contributed by atoms with Gasteiger partial charge in [0.15, 0.2) is 0 Å². The molecule has 3 rings (SSSR count). The summed E-state index contributed by atoms with van der Waals surface area (Å²) in [6, 6.07) is 8.12. The van der Waals surface area contributed by atoms with Gasteiger partial charge in [-0.1, -0.05) is 35.0 Å². The van der Waals surface area contributed by atoms with Gasteiger partial charge >= 0.3 is 0 Å². The number of rotatable bonds is 4. The molecule has 1 aromatic heterocycles. The summed E-state index contributed by atoms with van der Waals surface area (Å²) in [5.41, 5.74) is 1.99. The first-order valence-electron chi connectivity index (χ1n) is 9.24. The van der Waals surface area contributed by atoms with E-state index >= 15 is 0 Å². The summed E-state index contributed by atoms with van der Waals surface area (Å²) in [5, 5.41) is 7.15. The van der Waals surface area contributed by atoms with Gasteiger partial charge in [-0.3, -0.25) is 9.69 Å². The van der Waals surface area contributed by atoms with Gasteiger partial charge in [0.05, 0.1) is 6.54 Å². The molecule has 1 fully saturated rings. The fourth-order valence-corrected chi connectivity index (χ4v) is 3.22. The Morgan fingerprint density at radius 1 is 1.23 bits per heavy atom. The molecule has 1 amide bonds. The van der Waals surface area contributed by atoms with Crippen LogP contribution < -0.4 is 5.32 Å². The lowest BCUT2D eigenvalue weighted by Crippen LogP contribution is -2.47. The van der Waals surface area contributed by atoms with Crippen molar-refractivity contribution in [3.63, 3.8) is 0 Å². The molecule has 1 N–H and O–H groups in total. The molecule has 0 atom stereocenters. The van der Waals surface area contributed by atoms with Crippen LogP contribution in [-0.2, 0) is 4.79 Å². The van der Waals surface area contributed by atoms with Crippen LogP contribution in [0.2, 0.25) is 0 Å². The first kappa shape index (κ1) is 18.6. The summed E-state index contributed by atoms with van der Waals surface area (Å²) < 4.78 is 5.51. The first-order chi connectivity index (χ1) is 12.3. The van der Waals surface area contributed by atoms with Gasteiger partial charge in [0.25, 0.3) is 0 Å². The molecule has 2 aromatic rings. The average molecular weight is 356 g/mol. The molecule has 0 saturated carbocycles. The highest BCUT2D eigenvalue weighted by atomic mass is 16.5. The van der Waals surface area contributed by atoms with Crippen molar-refractivity contribution in [1.82, 2.24) is 20.4 Å². The number of piperidine rings is 1. The van der Waals surface area contributed by atoms with Crippen LogP contribution in [0.15, 0.2) is 28.8 Å². The van der Waals surface area contributed by atoms with E-state index in [4.69, 9.17) is 4.52 Å². The van der Waals surface area contributed by atoms with Crippen molar-refractivity contribution in [3.05, 3.63) is 35.7 Å². The van der Waals surface area contributed by atoms with Crippen LogP contribution in [0.1, 0.15) is 51.0 Å². The molecule has 6 nitrogen and oxygen atoms in total. The topological polar surface area (TPSA) is 71.3 Å². The quantitative estimate of drug-likeness (QED) is 0.911. The molecule has 1 aromatic carbocycles. The summed E-state index contributed by atoms with van der Waals surface area (Å²) in [6.07, 6.45) is 1.86. The largest absolute Gasteiger partial charge is 0.350 e. The normalized spacial score (nSPS) is 16.6. The Kier molecular flexibility index (Phi) is 5.41. The van der Waals surface area contributed by atoms with E-state index in [0.29, 0.717) is 18.3 Å². The van der Waals surface area contributed by atoms with Gasteiger partial charge in [-0.2, -0.15) is 4.98 Å². The van der Waals surface area contributed by atoms with Crippen molar-refractivity contribution in [2.75, 3.05) is 19.6 Å². The molecule has 0 spiro atoms. The van der Waals surface area contributed by atoms with Gasteiger partial charge in [-0.05, 0) is 53.6 Å². The fraction of sp³-hybridized carbons (Fsp3) is 0.550. The second-order valence-electron chi connectivity index (χ2n) is 8.17. The maximum Gasteiger partial charge on any atom is 0.234 e. The third-order valence-electron chi connectivity index (χ3n) is 4.57. The molecule has 1 aliphatic heterocycles. The number of nitrogens with zero attached hydrogens (tertiary/aromatic N) is 3. The Morgan fingerprint density at radius 2 is 1.88 bits per heavy atom. The molecule has 0 radical (unpaired) electrons. The molecule has 26 heavy (non-hydrogen) atoms. The van der Waals surface area contributed by atoms with E-state index < -0.39 is 0 Å². The molecule has 6 heteroatoms. The lowest BCUT2D eigenvalue weighted by molar-refractivity contribution is -0.123. The van der Waals surface area contributed by atoms with E-state index in [2.05, 4.69) is 27.3 Å². The number of carbonyl (C=O) groups is 1. The molecule has 1 aliphatic rings. The molecule has 0 aliphatic carbocycles. The van der Waals surface area contributed by atoms with Crippen molar-refractivity contribution in [3.8, 4) is 11.4 Å². The molecular formula is C20H28N4O2. The molecule has 140 valence electrons. The molecule has 2 heterocycles. The van der Waals surface area contributed by atoms with Crippen LogP contribution in [0.4, 0.5) is 0 Å². The van der Waals surface area contributed by atoms with Gasteiger partial charge in [-0.25, -0.2) is 0 Å². The Balaban J connectivity index is 1.54. The number of hydrogen-bond acceptors (Lipinski definition) is 5. The van der Waals surface area contributed by atoms with Crippen molar-refractivity contribution in [1.29, 1.82) is 0 Å². The van der Waals surface area contributed by atoms with Gasteiger partial charge in [0.1, 0.15) is 0 Å². The Morgan fingerprint density at radius 3 is 2.50 bits per heavy atom. The number of carbonyl (C=O) groups excluding carboxylic acids is 1. The zero-order chi connectivity index (χ0) is 18.7. The first-order valence-corrected chi connectivity index (χ1v) is 9.24. The second kappa shape index (κ2) is 7.58. The predicted molar refractivity (Wildman–Crippen MR) is 101 cm³/mol. The van der Waals surface area contributed by atoms with E-state index in [1.165, 1.54) is 5.56 Å². The Hall–Kier alpha value is -2.21. The van der Waals surface area contributed by atoms with Gasteiger partial charge < -0.3 is 9.84 Å². The standard InChI is InChI=1S/C20H28N4O2/c1-14-5-7-15(8-6-14)18-21-19(26-23-18)16-9-11-24(12-10-16)13-17(25)22-20(2,3)4/h5-8,16H,9-13H2,1-4H3,(H,22,25). The smallest absolute Gasteiger partial charge is 0.234 e. The SMILES string of the molecule is Cc1ccc(-c2noc(C3CCN(CC(=O)NC(C)(C)C)CC3)n2)cc1. The van der Waals surface area contributed by atoms with Gasteiger partial charge in [0.2, 0.25) is 17.6 Å². The van der Waals surface area contributed by atoms with Gasteiger partial charge in [0, 0.05) is 17.0 Å². The van der Waals surface area contributed by atoms with Crippen molar-refractivity contribution >= 4 is 5.91 Å². The maximum atomic E-state index is 12.1. The number of benzene rings is 1. The second-order valence-corrected chi connectivity index (χ2v) is 8.17. The van der Waals surface area contributed by atoms with E-state index in [1.54, 1.807) is 0 Å². The molecule has 1 saturated heterocycles. The van der Waals surface area contributed by atoms with E-state index in [9.17, 15) is 4.79 Å². The molecule has 0 bridgehead atoms. The van der Waals surface area contributed by atoms with Crippen LogP contribution >= 0.6 is 0 Å². The average Bonchev–Trinajstić information content (AvgIpc) is 3.04. The van der Waals surface area contributed by atoms with Crippen molar-refractivity contribution < 1.29 is 9.32 Å². The third-order valence-corrected chi connectivity index (χ3v) is 4.57. The van der Waals surface area contributed by atoms with E-state index in [0.717, 1.165) is 31.5 Å². The van der Waals surface area contributed by atoms with Crippen molar-refractivity contribution in [2.45, 2.75) is 52.0 Å². The zero-order valence-electron chi connectivity index (χ0n) is 16.1. The minimum atomic E-state index is -0.189. The lowest BCUT2D eigenvalue weighted by Gasteiger charge is -2.31. The summed E-state index contributed by atoms with van der Waals surface area (Å²) in [4.78, 5) is 18.9. The number of hydrogen-bond donors (Lipinski definition) is 1. The highest BCUT2D eigenvalue weighted by Crippen LogP contribution is 2.28. The number of nitrogens with one attached hydrogen (secondary N) is 1. The monoisotopic (exact) mass is 356 g/mol.